The van der Waals surface area contributed by atoms with Crippen LogP contribution in [0.5, 0.6) is 11.5 Å². The van der Waals surface area contributed by atoms with Gasteiger partial charge in [-0.05, 0) is 31.9 Å². The second kappa shape index (κ2) is 7.26. The molecule has 1 aromatic rings. The molecule has 0 aliphatic carbocycles. The topological polar surface area (TPSA) is 73.6 Å². The molecular weight excluding hydrogens is 272 g/mol. The third-order valence-electron chi connectivity index (χ3n) is 3.58. The minimum Gasteiger partial charge on any atom is -0.486 e. The van der Waals surface area contributed by atoms with Gasteiger partial charge in [0.05, 0.1) is 11.0 Å². The predicted molar refractivity (Wildman–Crippen MR) is 80.2 cm³/mol. The van der Waals surface area contributed by atoms with Crippen molar-refractivity contribution in [1.82, 2.24) is 5.32 Å². The summed E-state index contributed by atoms with van der Waals surface area (Å²) in [7, 11) is 0. The molecule has 1 N–H and O–H groups in total. The Hall–Kier alpha value is -1.82. The van der Waals surface area contributed by atoms with Crippen LogP contribution in [0.15, 0.2) is 12.1 Å². The second-order valence-electron chi connectivity index (χ2n) is 5.15. The van der Waals surface area contributed by atoms with Gasteiger partial charge in [-0.25, -0.2) is 0 Å². The van der Waals surface area contributed by atoms with Crippen molar-refractivity contribution in [3.05, 3.63) is 27.8 Å². The van der Waals surface area contributed by atoms with Gasteiger partial charge < -0.3 is 14.8 Å². The van der Waals surface area contributed by atoms with E-state index in [0.717, 1.165) is 19.4 Å². The summed E-state index contributed by atoms with van der Waals surface area (Å²) in [5.41, 5.74) is 0.802. The maximum atomic E-state index is 11.3. The minimum atomic E-state index is -0.347. The van der Waals surface area contributed by atoms with E-state index in [1.807, 2.05) is 0 Å². The molecule has 0 saturated carbocycles. The highest BCUT2D eigenvalue weighted by Crippen LogP contribution is 2.37. The first kappa shape index (κ1) is 15.6. The molecule has 0 saturated heterocycles. The Morgan fingerprint density at radius 3 is 2.52 bits per heavy atom. The molecule has 0 amide bonds. The number of benzene rings is 1. The van der Waals surface area contributed by atoms with E-state index in [1.165, 1.54) is 6.07 Å². The minimum absolute atomic E-state index is 0.107. The number of nitro benzene ring substituents is 1. The van der Waals surface area contributed by atoms with Gasteiger partial charge in [0, 0.05) is 11.6 Å². The smallest absolute Gasteiger partial charge is 0.276 e. The number of nitrogens with one attached hydrogen (secondary N) is 1. The van der Waals surface area contributed by atoms with E-state index in [1.54, 1.807) is 6.07 Å². The van der Waals surface area contributed by atoms with Crippen LogP contribution in [0.4, 0.5) is 5.69 Å². The number of nitrogens with zero attached hydrogens (tertiary/aromatic N) is 1. The van der Waals surface area contributed by atoms with Crippen molar-refractivity contribution in [2.75, 3.05) is 19.8 Å². The van der Waals surface area contributed by atoms with Crippen molar-refractivity contribution in [2.24, 2.45) is 0 Å². The second-order valence-corrected chi connectivity index (χ2v) is 5.15. The zero-order valence-electron chi connectivity index (χ0n) is 12.6. The van der Waals surface area contributed by atoms with Crippen LogP contribution in [0.25, 0.3) is 0 Å². The van der Waals surface area contributed by atoms with E-state index in [-0.39, 0.29) is 16.7 Å². The molecule has 1 atom stereocenters. The number of ether oxygens (including phenoxy) is 2. The summed E-state index contributed by atoms with van der Waals surface area (Å²) >= 11 is 0. The lowest BCUT2D eigenvalue weighted by Gasteiger charge is -2.21. The average molecular weight is 294 g/mol. The highest BCUT2D eigenvalue weighted by Gasteiger charge is 2.23. The lowest BCUT2D eigenvalue weighted by Crippen LogP contribution is -2.31. The highest BCUT2D eigenvalue weighted by molar-refractivity contribution is 5.55. The Morgan fingerprint density at radius 1 is 1.29 bits per heavy atom. The van der Waals surface area contributed by atoms with Crippen LogP contribution in [-0.2, 0) is 6.42 Å². The van der Waals surface area contributed by atoms with Crippen LogP contribution in [-0.4, -0.2) is 30.7 Å². The van der Waals surface area contributed by atoms with Crippen LogP contribution in [0.1, 0.15) is 32.3 Å². The van der Waals surface area contributed by atoms with Crippen LogP contribution in [0.2, 0.25) is 0 Å². The Labute approximate surface area is 124 Å². The molecule has 0 spiro atoms. The third kappa shape index (κ3) is 3.85. The van der Waals surface area contributed by atoms with E-state index in [2.05, 4.69) is 19.2 Å². The zero-order chi connectivity index (χ0) is 15.2. The summed E-state index contributed by atoms with van der Waals surface area (Å²) < 4.78 is 10.9. The largest absolute Gasteiger partial charge is 0.486 e. The van der Waals surface area contributed by atoms with Crippen molar-refractivity contribution in [3.63, 3.8) is 0 Å². The first-order valence-corrected chi connectivity index (χ1v) is 7.46. The quantitative estimate of drug-likeness (QED) is 0.618. The molecule has 2 rings (SSSR count). The SMILES string of the molecule is CCCNC(CC)Cc1cc2c(cc1[N+](=O)[O-])OCCO2. The number of rotatable bonds is 7. The Kier molecular flexibility index (Phi) is 5.38. The lowest BCUT2D eigenvalue weighted by molar-refractivity contribution is -0.385. The van der Waals surface area contributed by atoms with Crippen LogP contribution < -0.4 is 14.8 Å². The van der Waals surface area contributed by atoms with Crippen molar-refractivity contribution in [3.8, 4) is 11.5 Å². The fourth-order valence-corrected chi connectivity index (χ4v) is 2.43. The predicted octanol–water partition coefficient (Wildman–Crippen LogP) is 2.69. The molecule has 1 heterocycles. The Balaban J connectivity index is 2.25. The van der Waals surface area contributed by atoms with E-state index >= 15 is 0 Å². The van der Waals surface area contributed by atoms with Gasteiger partial charge in [-0.3, -0.25) is 10.1 Å². The van der Waals surface area contributed by atoms with Gasteiger partial charge in [-0.15, -0.1) is 0 Å². The summed E-state index contributed by atoms with van der Waals surface area (Å²) in [6.45, 7) is 6.01. The average Bonchev–Trinajstić information content (AvgIpc) is 2.50. The van der Waals surface area contributed by atoms with Gasteiger partial charge in [-0.1, -0.05) is 13.8 Å². The van der Waals surface area contributed by atoms with Gasteiger partial charge >= 0.3 is 0 Å². The maximum Gasteiger partial charge on any atom is 0.276 e. The summed E-state index contributed by atoms with van der Waals surface area (Å²) in [6, 6.07) is 3.46. The molecule has 0 fully saturated rings. The van der Waals surface area contributed by atoms with Gasteiger partial charge in [-0.2, -0.15) is 0 Å². The number of nitro groups is 1. The lowest BCUT2D eigenvalue weighted by atomic mass is 10.0. The van der Waals surface area contributed by atoms with Gasteiger partial charge in [0.15, 0.2) is 11.5 Å². The molecule has 0 aromatic heterocycles. The van der Waals surface area contributed by atoms with Crippen LogP contribution in [0.3, 0.4) is 0 Å². The van der Waals surface area contributed by atoms with E-state index in [0.29, 0.717) is 36.7 Å². The van der Waals surface area contributed by atoms with E-state index in [4.69, 9.17) is 9.47 Å². The Morgan fingerprint density at radius 2 is 1.95 bits per heavy atom. The molecule has 1 aliphatic heterocycles. The molecule has 6 nitrogen and oxygen atoms in total. The van der Waals surface area contributed by atoms with Crippen molar-refractivity contribution >= 4 is 5.69 Å². The van der Waals surface area contributed by atoms with Crippen LogP contribution in [0, 0.1) is 10.1 Å². The first-order valence-electron chi connectivity index (χ1n) is 7.46. The molecule has 116 valence electrons. The number of fused-ring (bicyclic) bond motifs is 1. The highest BCUT2D eigenvalue weighted by atomic mass is 16.6. The molecule has 21 heavy (non-hydrogen) atoms. The van der Waals surface area contributed by atoms with Crippen molar-refractivity contribution in [1.29, 1.82) is 0 Å². The molecule has 1 aliphatic rings. The van der Waals surface area contributed by atoms with Gasteiger partial charge in [0.25, 0.3) is 5.69 Å². The molecular formula is C15H22N2O4. The molecule has 1 aromatic carbocycles. The van der Waals surface area contributed by atoms with Gasteiger partial charge in [0.1, 0.15) is 13.2 Å². The summed E-state index contributed by atoms with van der Waals surface area (Å²) in [4.78, 5) is 10.9. The normalized spacial score (nSPS) is 14.8. The molecule has 0 bridgehead atoms. The van der Waals surface area contributed by atoms with E-state index < -0.39 is 0 Å². The molecule has 0 radical (unpaired) electrons. The number of hydrogen-bond donors (Lipinski definition) is 1. The summed E-state index contributed by atoms with van der Waals surface area (Å²) in [6.07, 6.45) is 2.58. The number of hydrogen-bond acceptors (Lipinski definition) is 5. The maximum absolute atomic E-state index is 11.3. The molecule has 1 unspecified atom stereocenters. The summed E-state index contributed by atoms with van der Waals surface area (Å²) in [5, 5.41) is 14.7. The molecule has 6 heteroatoms. The summed E-state index contributed by atoms with van der Waals surface area (Å²) in [5.74, 6) is 1.07. The first-order chi connectivity index (χ1) is 10.2. The van der Waals surface area contributed by atoms with E-state index in [9.17, 15) is 10.1 Å². The fourth-order valence-electron chi connectivity index (χ4n) is 2.43. The monoisotopic (exact) mass is 294 g/mol. The van der Waals surface area contributed by atoms with Gasteiger partial charge in [0.2, 0.25) is 0 Å². The van der Waals surface area contributed by atoms with Crippen molar-refractivity contribution in [2.45, 2.75) is 39.2 Å². The van der Waals surface area contributed by atoms with Crippen LogP contribution >= 0.6 is 0 Å². The zero-order valence-corrected chi connectivity index (χ0v) is 12.6. The fraction of sp³-hybridized carbons (Fsp3) is 0.600. The third-order valence-corrected chi connectivity index (χ3v) is 3.58. The van der Waals surface area contributed by atoms with Crippen molar-refractivity contribution < 1.29 is 14.4 Å². The Bertz CT molecular complexity index is 505. The standard InChI is InChI=1S/C15H22N2O4/c1-3-5-16-12(4-2)8-11-9-14-15(21-7-6-20-14)10-13(11)17(18)19/h9-10,12,16H,3-8H2,1-2H3.